The lowest BCUT2D eigenvalue weighted by Gasteiger charge is -2.29. The van der Waals surface area contributed by atoms with Crippen molar-refractivity contribution in [3.63, 3.8) is 0 Å². The lowest BCUT2D eigenvalue weighted by molar-refractivity contribution is 0.122. The minimum atomic E-state index is 0.409. The summed E-state index contributed by atoms with van der Waals surface area (Å²) in [5, 5.41) is 1.40. The Hall–Kier alpha value is -1.13. The van der Waals surface area contributed by atoms with Crippen molar-refractivity contribution < 1.29 is 9.47 Å². The van der Waals surface area contributed by atoms with Gasteiger partial charge in [-0.15, -0.1) is 0 Å². The second-order valence-electron chi connectivity index (χ2n) is 4.87. The molecule has 0 N–H and O–H groups in total. The zero-order valence-corrected chi connectivity index (χ0v) is 14.0. The van der Waals surface area contributed by atoms with E-state index in [0.29, 0.717) is 26.6 Å². The SMILES string of the molecule is Clc1cc(N2CCOCC2)ccc1Oc1c(Cl)cccc1Cl. The number of hydrogen-bond donors (Lipinski definition) is 0. The van der Waals surface area contributed by atoms with Crippen LogP contribution >= 0.6 is 34.8 Å². The fourth-order valence-corrected chi connectivity index (χ4v) is 2.97. The number of nitrogens with zero attached hydrogens (tertiary/aromatic N) is 1. The number of anilines is 1. The van der Waals surface area contributed by atoms with Gasteiger partial charge in [0.05, 0.1) is 28.3 Å². The average Bonchev–Trinajstić information content (AvgIpc) is 2.53. The molecule has 3 rings (SSSR count). The number of benzene rings is 2. The number of para-hydroxylation sites is 1. The van der Waals surface area contributed by atoms with Crippen LogP contribution in [0.3, 0.4) is 0 Å². The van der Waals surface area contributed by atoms with Gasteiger partial charge < -0.3 is 14.4 Å². The highest BCUT2D eigenvalue weighted by Crippen LogP contribution is 2.39. The van der Waals surface area contributed by atoms with Crippen molar-refractivity contribution in [2.45, 2.75) is 0 Å². The first-order chi connectivity index (χ1) is 10.6. The highest BCUT2D eigenvalue weighted by molar-refractivity contribution is 6.37. The predicted molar refractivity (Wildman–Crippen MR) is 91.0 cm³/mol. The fraction of sp³-hybridized carbons (Fsp3) is 0.250. The zero-order chi connectivity index (χ0) is 15.5. The van der Waals surface area contributed by atoms with E-state index in [1.54, 1.807) is 18.2 Å². The van der Waals surface area contributed by atoms with Crippen molar-refractivity contribution >= 4 is 40.5 Å². The molecule has 2 aromatic rings. The quantitative estimate of drug-likeness (QED) is 0.745. The van der Waals surface area contributed by atoms with Gasteiger partial charge in [0.1, 0.15) is 5.75 Å². The molecule has 22 heavy (non-hydrogen) atoms. The average molecular weight is 359 g/mol. The van der Waals surface area contributed by atoms with E-state index in [1.165, 1.54) is 0 Å². The van der Waals surface area contributed by atoms with Crippen LogP contribution < -0.4 is 9.64 Å². The first-order valence-corrected chi connectivity index (χ1v) is 8.02. The molecule has 0 atom stereocenters. The minimum absolute atomic E-state index is 0.409. The van der Waals surface area contributed by atoms with Gasteiger partial charge in [0, 0.05) is 18.8 Å². The van der Waals surface area contributed by atoms with Crippen molar-refractivity contribution in [3.8, 4) is 11.5 Å². The molecule has 3 nitrogen and oxygen atoms in total. The Kier molecular flexibility index (Phi) is 4.99. The summed E-state index contributed by atoms with van der Waals surface area (Å²) in [6.45, 7) is 3.16. The van der Waals surface area contributed by atoms with E-state index in [1.807, 2.05) is 18.2 Å². The van der Waals surface area contributed by atoms with Crippen molar-refractivity contribution in [2.24, 2.45) is 0 Å². The van der Waals surface area contributed by atoms with Crippen molar-refractivity contribution in [2.75, 3.05) is 31.2 Å². The Balaban J connectivity index is 1.83. The van der Waals surface area contributed by atoms with Gasteiger partial charge in [0.2, 0.25) is 0 Å². The smallest absolute Gasteiger partial charge is 0.164 e. The summed E-state index contributed by atoms with van der Waals surface area (Å²) < 4.78 is 11.1. The molecule has 2 aromatic carbocycles. The van der Waals surface area contributed by atoms with Crippen molar-refractivity contribution in [3.05, 3.63) is 51.5 Å². The lowest BCUT2D eigenvalue weighted by atomic mass is 10.2. The highest BCUT2D eigenvalue weighted by Gasteiger charge is 2.15. The van der Waals surface area contributed by atoms with E-state index in [4.69, 9.17) is 44.3 Å². The van der Waals surface area contributed by atoms with E-state index >= 15 is 0 Å². The maximum absolute atomic E-state index is 6.33. The Labute approximate surface area is 144 Å². The normalized spacial score (nSPS) is 15.0. The molecule has 0 unspecified atom stereocenters. The number of morpholine rings is 1. The van der Waals surface area contributed by atoms with Gasteiger partial charge in [-0.2, -0.15) is 0 Å². The van der Waals surface area contributed by atoms with Crippen LogP contribution in [0.2, 0.25) is 15.1 Å². The molecular formula is C16H14Cl3NO2. The van der Waals surface area contributed by atoms with Crippen LogP contribution in [0.5, 0.6) is 11.5 Å². The molecule has 6 heteroatoms. The second-order valence-corrected chi connectivity index (χ2v) is 6.09. The molecular weight excluding hydrogens is 345 g/mol. The summed E-state index contributed by atoms with van der Waals surface area (Å²) in [7, 11) is 0. The standard InChI is InChI=1S/C16H14Cl3NO2/c17-12-2-1-3-13(18)16(12)22-15-5-4-11(10-14(15)19)20-6-8-21-9-7-20/h1-5,10H,6-9H2. The molecule has 1 fully saturated rings. The van der Waals surface area contributed by atoms with Crippen molar-refractivity contribution in [1.82, 2.24) is 0 Å². The first-order valence-electron chi connectivity index (χ1n) is 6.89. The number of halogens is 3. The van der Waals surface area contributed by atoms with E-state index < -0.39 is 0 Å². The van der Waals surface area contributed by atoms with Gasteiger partial charge in [-0.05, 0) is 30.3 Å². The summed E-state index contributed by atoms with van der Waals surface area (Å²) in [5.74, 6) is 0.931. The van der Waals surface area contributed by atoms with E-state index in [0.717, 1.165) is 32.0 Å². The zero-order valence-electron chi connectivity index (χ0n) is 11.7. The molecule has 0 bridgehead atoms. The number of rotatable bonds is 3. The molecule has 1 aliphatic rings. The molecule has 0 radical (unpaired) electrons. The second kappa shape index (κ2) is 6.97. The van der Waals surface area contributed by atoms with Gasteiger partial charge >= 0.3 is 0 Å². The molecule has 116 valence electrons. The van der Waals surface area contributed by atoms with Crippen molar-refractivity contribution in [1.29, 1.82) is 0 Å². The van der Waals surface area contributed by atoms with Gasteiger partial charge in [-0.25, -0.2) is 0 Å². The maximum atomic E-state index is 6.33. The molecule has 0 amide bonds. The summed E-state index contributed by atoms with van der Waals surface area (Å²) in [4.78, 5) is 2.22. The molecule has 0 saturated carbocycles. The van der Waals surface area contributed by atoms with Gasteiger partial charge in [0.15, 0.2) is 5.75 Å². The third-order valence-corrected chi connectivity index (χ3v) is 4.31. The molecule has 1 saturated heterocycles. The largest absolute Gasteiger partial charge is 0.453 e. The Bertz CT molecular complexity index is 652. The molecule has 0 aliphatic carbocycles. The minimum Gasteiger partial charge on any atom is -0.453 e. The summed E-state index contributed by atoms with van der Waals surface area (Å²) >= 11 is 18.6. The van der Waals surface area contributed by atoms with Crippen LogP contribution in [0.4, 0.5) is 5.69 Å². The highest BCUT2D eigenvalue weighted by atomic mass is 35.5. The maximum Gasteiger partial charge on any atom is 0.164 e. The number of hydrogen-bond acceptors (Lipinski definition) is 3. The predicted octanol–water partition coefficient (Wildman–Crippen LogP) is 5.28. The lowest BCUT2D eigenvalue weighted by Crippen LogP contribution is -2.36. The van der Waals surface area contributed by atoms with Crippen LogP contribution in [-0.4, -0.2) is 26.3 Å². The fourth-order valence-electron chi connectivity index (χ4n) is 2.28. The van der Waals surface area contributed by atoms with Gasteiger partial charge in [-0.1, -0.05) is 40.9 Å². The Morgan fingerprint density at radius 3 is 2.23 bits per heavy atom. The summed E-state index contributed by atoms with van der Waals surface area (Å²) in [6.07, 6.45) is 0. The topological polar surface area (TPSA) is 21.7 Å². The van der Waals surface area contributed by atoms with Crippen LogP contribution in [0.15, 0.2) is 36.4 Å². The monoisotopic (exact) mass is 357 g/mol. The third-order valence-electron chi connectivity index (χ3n) is 3.42. The van der Waals surface area contributed by atoms with Gasteiger partial charge in [0.25, 0.3) is 0 Å². The summed E-state index contributed by atoms with van der Waals surface area (Å²) in [6, 6.07) is 10.9. The Morgan fingerprint density at radius 2 is 1.59 bits per heavy atom. The van der Waals surface area contributed by atoms with Crippen LogP contribution in [-0.2, 0) is 4.74 Å². The Morgan fingerprint density at radius 1 is 0.909 bits per heavy atom. The molecule has 0 spiro atoms. The van der Waals surface area contributed by atoms with E-state index in [-0.39, 0.29) is 0 Å². The van der Waals surface area contributed by atoms with Crippen LogP contribution in [0.25, 0.3) is 0 Å². The molecule has 1 aliphatic heterocycles. The number of ether oxygens (including phenoxy) is 2. The van der Waals surface area contributed by atoms with Crippen LogP contribution in [0, 0.1) is 0 Å². The first kappa shape index (κ1) is 15.8. The van der Waals surface area contributed by atoms with Crippen LogP contribution in [0.1, 0.15) is 0 Å². The van der Waals surface area contributed by atoms with E-state index in [2.05, 4.69) is 4.90 Å². The van der Waals surface area contributed by atoms with E-state index in [9.17, 15) is 0 Å². The molecule has 0 aromatic heterocycles. The van der Waals surface area contributed by atoms with Gasteiger partial charge in [-0.3, -0.25) is 0 Å². The third kappa shape index (κ3) is 3.44. The summed E-state index contributed by atoms with van der Waals surface area (Å²) in [5.41, 5.74) is 1.05. The molecule has 1 heterocycles.